The molecule has 1 aliphatic rings. The van der Waals surface area contributed by atoms with E-state index >= 15 is 0 Å². The summed E-state index contributed by atoms with van der Waals surface area (Å²) < 4.78 is 50.2. The van der Waals surface area contributed by atoms with Crippen molar-refractivity contribution in [3.8, 4) is 11.5 Å². The minimum Gasteiger partial charge on any atom is -0.483 e. The number of imidazole rings is 1. The van der Waals surface area contributed by atoms with Crippen LogP contribution in [0.3, 0.4) is 0 Å². The Bertz CT molecular complexity index is 1200. The minimum atomic E-state index is -4.40. The van der Waals surface area contributed by atoms with Crippen LogP contribution in [-0.2, 0) is 7.05 Å². The molecule has 32 heavy (non-hydrogen) atoms. The number of anilines is 2. The number of aromatic nitrogens is 2. The minimum absolute atomic E-state index is 0.108. The van der Waals surface area contributed by atoms with Gasteiger partial charge in [0.2, 0.25) is 5.95 Å². The van der Waals surface area contributed by atoms with Crippen molar-refractivity contribution in [3.63, 3.8) is 0 Å². The molecule has 0 unspecified atom stereocenters. The number of ether oxygens (including phenoxy) is 2. The van der Waals surface area contributed by atoms with Gasteiger partial charge in [-0.05, 0) is 58.4 Å². The number of rotatable bonds is 6. The first kappa shape index (κ1) is 22.1. The first-order valence-electron chi connectivity index (χ1n) is 9.67. The fourth-order valence-electron chi connectivity index (χ4n) is 3.11. The summed E-state index contributed by atoms with van der Waals surface area (Å²) in [5.74, 6) is 2.13. The van der Waals surface area contributed by atoms with Gasteiger partial charge in [-0.2, -0.15) is 13.2 Å². The number of nitrogens with zero attached hydrogens (tertiary/aromatic N) is 3. The molecule has 1 N–H and O–H groups in total. The van der Waals surface area contributed by atoms with Gasteiger partial charge in [0.1, 0.15) is 17.3 Å². The number of nitrogens with one attached hydrogen (secondary N) is 1. The molecule has 6 nitrogen and oxygen atoms in total. The lowest BCUT2D eigenvalue weighted by Gasteiger charge is -2.17. The van der Waals surface area contributed by atoms with Crippen LogP contribution in [0, 0.1) is 0 Å². The van der Waals surface area contributed by atoms with E-state index in [1.54, 1.807) is 12.1 Å². The van der Waals surface area contributed by atoms with E-state index < -0.39 is 12.8 Å². The van der Waals surface area contributed by atoms with Crippen molar-refractivity contribution in [1.82, 2.24) is 14.5 Å². The Hall–Kier alpha value is -3.14. The Morgan fingerprint density at radius 2 is 1.97 bits per heavy atom. The third-order valence-corrected chi connectivity index (χ3v) is 5.36. The van der Waals surface area contributed by atoms with Crippen molar-refractivity contribution in [2.45, 2.75) is 6.18 Å². The largest absolute Gasteiger partial charge is 0.483 e. The lowest BCUT2D eigenvalue weighted by Crippen LogP contribution is -2.19. The normalized spacial score (nSPS) is 13.9. The van der Waals surface area contributed by atoms with Crippen molar-refractivity contribution >= 4 is 38.6 Å². The van der Waals surface area contributed by atoms with Gasteiger partial charge in [-0.25, -0.2) is 4.98 Å². The van der Waals surface area contributed by atoms with Crippen molar-refractivity contribution < 1.29 is 22.6 Å². The summed E-state index contributed by atoms with van der Waals surface area (Å²) in [7, 11) is 3.86. The topological polar surface area (TPSA) is 51.6 Å². The van der Waals surface area contributed by atoms with Crippen LogP contribution in [0.4, 0.5) is 24.8 Å². The highest BCUT2D eigenvalue weighted by Gasteiger charge is 2.28. The molecule has 2 aromatic carbocycles. The average molecular weight is 509 g/mol. The zero-order valence-corrected chi connectivity index (χ0v) is 18.9. The highest BCUT2D eigenvalue weighted by atomic mass is 79.9. The van der Waals surface area contributed by atoms with Gasteiger partial charge in [0.25, 0.3) is 0 Å². The van der Waals surface area contributed by atoms with Crippen LogP contribution in [0.1, 0.15) is 0 Å². The predicted octanol–water partition coefficient (Wildman–Crippen LogP) is 5.74. The van der Waals surface area contributed by atoms with Crippen LogP contribution < -0.4 is 14.8 Å². The first-order chi connectivity index (χ1) is 15.2. The molecule has 0 amide bonds. The zero-order chi connectivity index (χ0) is 22.9. The smallest absolute Gasteiger partial charge is 0.422 e. The second-order valence-electron chi connectivity index (χ2n) is 7.28. The molecule has 0 atom stereocenters. The van der Waals surface area contributed by atoms with Gasteiger partial charge >= 0.3 is 6.18 Å². The van der Waals surface area contributed by atoms with Gasteiger partial charge in [-0.3, -0.25) is 0 Å². The summed E-state index contributed by atoms with van der Waals surface area (Å²) in [4.78, 5) is 6.67. The van der Waals surface area contributed by atoms with Crippen LogP contribution in [0.5, 0.6) is 11.5 Å². The molecule has 0 aliphatic carbocycles. The monoisotopic (exact) mass is 508 g/mol. The van der Waals surface area contributed by atoms with E-state index in [0.717, 1.165) is 23.3 Å². The maximum atomic E-state index is 12.4. The molecule has 0 saturated carbocycles. The van der Waals surface area contributed by atoms with E-state index in [9.17, 15) is 13.2 Å². The number of hydrogen-bond acceptors (Lipinski definition) is 5. The molecule has 10 heteroatoms. The van der Waals surface area contributed by atoms with Crippen LogP contribution in [0.25, 0.3) is 11.0 Å². The number of benzene rings is 2. The van der Waals surface area contributed by atoms with Crippen molar-refractivity contribution in [1.29, 1.82) is 0 Å². The Kier molecular flexibility index (Phi) is 6.05. The van der Waals surface area contributed by atoms with E-state index in [0.29, 0.717) is 21.9 Å². The van der Waals surface area contributed by atoms with E-state index in [2.05, 4.69) is 26.2 Å². The average Bonchev–Trinajstić information content (AvgIpc) is 3.03. The molecule has 0 saturated heterocycles. The standard InChI is InChI=1S/C22H20BrF3N4O2/c1-29-9-7-15(8-10-29)32-16-4-5-19-18(12-16)28-21(30(19)2)27-14-3-6-20(17(23)11-14)31-13-22(24,25)26/h3-9,11-12H,10,13H2,1-2H3,(H,27,28). The molecule has 0 spiro atoms. The summed E-state index contributed by atoms with van der Waals surface area (Å²) in [6, 6.07) is 10.4. The molecule has 1 aromatic heterocycles. The third kappa shape index (κ3) is 5.18. The summed E-state index contributed by atoms with van der Waals surface area (Å²) in [5.41, 5.74) is 2.29. The van der Waals surface area contributed by atoms with E-state index in [-0.39, 0.29) is 5.75 Å². The van der Waals surface area contributed by atoms with Crippen molar-refractivity contribution in [2.24, 2.45) is 7.05 Å². The van der Waals surface area contributed by atoms with Gasteiger partial charge in [0, 0.05) is 38.6 Å². The third-order valence-electron chi connectivity index (χ3n) is 4.74. The Morgan fingerprint density at radius 3 is 2.66 bits per heavy atom. The van der Waals surface area contributed by atoms with E-state index in [1.807, 2.05) is 60.1 Å². The Balaban J connectivity index is 1.50. The number of halogens is 4. The molecule has 1 aliphatic heterocycles. The number of aryl methyl sites for hydroxylation is 1. The second-order valence-corrected chi connectivity index (χ2v) is 8.14. The summed E-state index contributed by atoms with van der Waals surface area (Å²) in [6.07, 6.45) is 1.45. The SMILES string of the molecule is CN1C=CC(Oc2ccc3c(c2)nc(Nc2ccc(OCC(F)(F)F)c(Br)c2)n3C)=CC1. The molecule has 4 rings (SSSR count). The van der Waals surface area contributed by atoms with E-state index in [4.69, 9.17) is 9.47 Å². The van der Waals surface area contributed by atoms with Crippen molar-refractivity contribution in [3.05, 3.63) is 65.0 Å². The lowest BCUT2D eigenvalue weighted by molar-refractivity contribution is -0.153. The molecular formula is C22H20BrF3N4O2. The highest BCUT2D eigenvalue weighted by molar-refractivity contribution is 9.10. The number of hydrogen-bond donors (Lipinski definition) is 1. The number of allylic oxidation sites excluding steroid dienone is 1. The van der Waals surface area contributed by atoms with E-state index in [1.165, 1.54) is 6.07 Å². The van der Waals surface area contributed by atoms with Gasteiger partial charge in [-0.15, -0.1) is 0 Å². The van der Waals surface area contributed by atoms with Gasteiger partial charge < -0.3 is 24.3 Å². The predicted molar refractivity (Wildman–Crippen MR) is 120 cm³/mol. The molecule has 0 fully saturated rings. The maximum absolute atomic E-state index is 12.4. The molecular weight excluding hydrogens is 489 g/mol. The number of alkyl halides is 3. The Morgan fingerprint density at radius 1 is 1.16 bits per heavy atom. The number of fused-ring (bicyclic) bond motifs is 1. The fraction of sp³-hybridized carbons (Fsp3) is 0.227. The summed E-state index contributed by atoms with van der Waals surface area (Å²) in [5, 5.41) is 3.18. The molecule has 3 aromatic rings. The van der Waals surface area contributed by atoms with Gasteiger partial charge in [0.15, 0.2) is 6.61 Å². The highest BCUT2D eigenvalue weighted by Crippen LogP contribution is 2.32. The molecule has 0 radical (unpaired) electrons. The van der Waals surface area contributed by atoms with Crippen LogP contribution in [0.15, 0.2) is 65.0 Å². The first-order valence-corrected chi connectivity index (χ1v) is 10.5. The second kappa shape index (κ2) is 8.78. The van der Waals surface area contributed by atoms with Crippen LogP contribution in [0.2, 0.25) is 0 Å². The van der Waals surface area contributed by atoms with Crippen LogP contribution >= 0.6 is 15.9 Å². The lowest BCUT2D eigenvalue weighted by atomic mass is 10.3. The molecule has 2 heterocycles. The van der Waals surface area contributed by atoms with Crippen molar-refractivity contribution in [2.75, 3.05) is 25.5 Å². The quantitative estimate of drug-likeness (QED) is 0.459. The van der Waals surface area contributed by atoms with Gasteiger partial charge in [0.05, 0.1) is 15.5 Å². The Labute approximate surface area is 191 Å². The zero-order valence-electron chi connectivity index (χ0n) is 17.3. The molecule has 168 valence electrons. The summed E-state index contributed by atoms with van der Waals surface area (Å²) >= 11 is 3.25. The number of likely N-dealkylation sites (N-methyl/N-ethyl adjacent to an activating group) is 1. The summed E-state index contributed by atoms with van der Waals surface area (Å²) in [6.45, 7) is -0.571. The van der Waals surface area contributed by atoms with Crippen LogP contribution in [-0.4, -0.2) is 40.8 Å². The maximum Gasteiger partial charge on any atom is 0.422 e. The van der Waals surface area contributed by atoms with Gasteiger partial charge in [-0.1, -0.05) is 0 Å². The fourth-order valence-corrected chi connectivity index (χ4v) is 3.61. The molecule has 0 bridgehead atoms.